The van der Waals surface area contributed by atoms with Crippen molar-refractivity contribution in [1.82, 2.24) is 5.32 Å². The van der Waals surface area contributed by atoms with E-state index in [1.165, 1.54) is 14.0 Å². The number of hydrogen-bond donors (Lipinski definition) is 1. The summed E-state index contributed by atoms with van der Waals surface area (Å²) in [6, 6.07) is -0.688. The average Bonchev–Trinajstić information content (AvgIpc) is 1.98. The van der Waals surface area contributed by atoms with Crippen LogP contribution in [0.15, 0.2) is 0 Å². The number of rotatable bonds is 3. The van der Waals surface area contributed by atoms with E-state index >= 15 is 0 Å². The topological polar surface area (TPSA) is 55.4 Å². The monoisotopic (exact) mass is 176 g/mol. The van der Waals surface area contributed by atoms with Gasteiger partial charge in [0, 0.05) is 6.92 Å². The van der Waals surface area contributed by atoms with Gasteiger partial charge in [-0.15, -0.1) is 5.75 Å². The fraction of sp³-hybridized carbons (Fsp3) is 0.667. The summed E-state index contributed by atoms with van der Waals surface area (Å²) in [4.78, 5) is 21.2. The molecule has 1 amide bonds. The van der Waals surface area contributed by atoms with Crippen molar-refractivity contribution >= 4 is 24.5 Å². The van der Waals surface area contributed by atoms with Gasteiger partial charge < -0.3 is 22.7 Å². The lowest BCUT2D eigenvalue weighted by atomic mass is 10.3. The lowest BCUT2D eigenvalue weighted by Crippen LogP contribution is -2.42. The molecule has 0 heterocycles. The molecule has 1 N–H and O–H groups in total. The first-order valence-corrected chi connectivity index (χ1v) is 3.62. The van der Waals surface area contributed by atoms with Crippen LogP contribution in [0, 0.1) is 0 Å². The van der Waals surface area contributed by atoms with Crippen LogP contribution in [0.25, 0.3) is 0 Å². The first-order valence-electron chi connectivity index (χ1n) is 3.04. The van der Waals surface area contributed by atoms with Gasteiger partial charge in [0.05, 0.1) is 7.11 Å². The zero-order valence-electron chi connectivity index (χ0n) is 6.42. The third-order valence-electron chi connectivity index (χ3n) is 1.03. The molecule has 0 rings (SSSR count). The number of methoxy groups -OCH3 is 1. The van der Waals surface area contributed by atoms with Crippen LogP contribution < -0.4 is 5.32 Å². The Morgan fingerprint density at radius 2 is 2.18 bits per heavy atom. The number of carbonyl (C=O) groups is 2. The van der Waals surface area contributed by atoms with Crippen molar-refractivity contribution in [2.24, 2.45) is 0 Å². The van der Waals surface area contributed by atoms with Crippen LogP contribution in [-0.2, 0) is 27.0 Å². The predicted molar refractivity (Wildman–Crippen MR) is 41.9 cm³/mol. The molecule has 0 aromatic rings. The molecule has 0 unspecified atom stereocenters. The molecule has 0 aromatic carbocycles. The SMILES string of the molecule is COC(=O)[C@H](C[S-])NC(C)=O. The Kier molecular flexibility index (Phi) is 4.69. The van der Waals surface area contributed by atoms with Gasteiger partial charge in [-0.2, -0.15) is 0 Å². The molecule has 0 aliphatic carbocycles. The van der Waals surface area contributed by atoms with Crippen molar-refractivity contribution in [3.63, 3.8) is 0 Å². The second-order valence-electron chi connectivity index (χ2n) is 1.94. The Morgan fingerprint density at radius 3 is 2.45 bits per heavy atom. The molecule has 0 saturated carbocycles. The highest BCUT2D eigenvalue weighted by Gasteiger charge is 2.13. The minimum Gasteiger partial charge on any atom is -0.790 e. The molecule has 0 fully saturated rings. The highest BCUT2D eigenvalue weighted by atomic mass is 32.1. The summed E-state index contributed by atoms with van der Waals surface area (Å²) in [6.45, 7) is 1.32. The number of amides is 1. The van der Waals surface area contributed by atoms with Gasteiger partial charge in [-0.1, -0.05) is 0 Å². The predicted octanol–water partition coefficient (Wildman–Crippen LogP) is -0.789. The van der Waals surface area contributed by atoms with Crippen molar-refractivity contribution in [2.45, 2.75) is 13.0 Å². The highest BCUT2D eigenvalue weighted by molar-refractivity contribution is 7.58. The van der Waals surface area contributed by atoms with Gasteiger partial charge in [0.2, 0.25) is 5.91 Å². The fourth-order valence-corrected chi connectivity index (χ4v) is 0.776. The third-order valence-corrected chi connectivity index (χ3v) is 1.36. The summed E-state index contributed by atoms with van der Waals surface area (Å²) < 4.78 is 4.38. The van der Waals surface area contributed by atoms with E-state index in [4.69, 9.17) is 0 Å². The molecule has 0 aromatic heterocycles. The van der Waals surface area contributed by atoms with Crippen LogP contribution in [-0.4, -0.2) is 30.8 Å². The Morgan fingerprint density at radius 1 is 1.64 bits per heavy atom. The van der Waals surface area contributed by atoms with E-state index in [-0.39, 0.29) is 11.7 Å². The fourth-order valence-electron chi connectivity index (χ4n) is 0.556. The molecule has 64 valence electrons. The summed E-state index contributed by atoms with van der Waals surface area (Å²) in [5.41, 5.74) is 0. The number of nitrogens with one attached hydrogen (secondary N) is 1. The Hall–Kier alpha value is -0.710. The summed E-state index contributed by atoms with van der Waals surface area (Å²) in [5, 5.41) is 2.36. The molecule has 11 heavy (non-hydrogen) atoms. The normalized spacial score (nSPS) is 11.9. The van der Waals surface area contributed by atoms with Crippen LogP contribution in [0.1, 0.15) is 6.92 Å². The number of esters is 1. The van der Waals surface area contributed by atoms with Gasteiger partial charge in [-0.3, -0.25) is 4.79 Å². The summed E-state index contributed by atoms with van der Waals surface area (Å²) >= 11 is 4.62. The second kappa shape index (κ2) is 5.01. The molecule has 0 radical (unpaired) electrons. The molecule has 1 atom stereocenters. The van der Waals surface area contributed by atoms with Crippen molar-refractivity contribution < 1.29 is 14.3 Å². The maximum atomic E-state index is 10.8. The molecule has 0 bridgehead atoms. The largest absolute Gasteiger partial charge is 0.790 e. The second-order valence-corrected chi connectivity index (χ2v) is 2.28. The molecule has 4 nitrogen and oxygen atoms in total. The maximum Gasteiger partial charge on any atom is 0.326 e. The average molecular weight is 176 g/mol. The standard InChI is InChI=1S/C6H11NO3S/c1-4(8)7-5(3-11)6(9)10-2/h5,11H,3H2,1-2H3,(H,7,8)/p-1/t5-/m0/s1. The van der Waals surface area contributed by atoms with E-state index in [0.29, 0.717) is 0 Å². The van der Waals surface area contributed by atoms with E-state index in [9.17, 15) is 9.59 Å². The quantitative estimate of drug-likeness (QED) is 0.452. The molecule has 0 aliphatic rings. The van der Waals surface area contributed by atoms with Gasteiger partial charge in [-0.25, -0.2) is 4.79 Å². The molecule has 0 saturated heterocycles. The van der Waals surface area contributed by atoms with Crippen LogP contribution in [0.5, 0.6) is 0 Å². The minimum absolute atomic E-state index is 0.131. The Bertz CT molecular complexity index is 160. The van der Waals surface area contributed by atoms with Crippen molar-refractivity contribution in [2.75, 3.05) is 12.9 Å². The zero-order chi connectivity index (χ0) is 8.85. The van der Waals surface area contributed by atoms with E-state index in [2.05, 4.69) is 22.7 Å². The van der Waals surface area contributed by atoms with Gasteiger partial charge >= 0.3 is 5.97 Å². The van der Waals surface area contributed by atoms with Gasteiger partial charge in [0.1, 0.15) is 6.04 Å². The number of hydrogen-bond acceptors (Lipinski definition) is 4. The smallest absolute Gasteiger partial charge is 0.326 e. The van der Waals surface area contributed by atoms with Gasteiger partial charge in [0.15, 0.2) is 0 Å². The molecular weight excluding hydrogens is 166 g/mol. The van der Waals surface area contributed by atoms with Crippen molar-refractivity contribution in [3.8, 4) is 0 Å². The third kappa shape index (κ3) is 3.87. The van der Waals surface area contributed by atoms with Crippen LogP contribution in [0.3, 0.4) is 0 Å². The molecule has 0 aliphatic heterocycles. The maximum absolute atomic E-state index is 10.8. The summed E-state index contributed by atoms with van der Waals surface area (Å²) in [6.07, 6.45) is 0. The Labute approximate surface area is 70.7 Å². The lowest BCUT2D eigenvalue weighted by molar-refractivity contribution is -0.144. The summed E-state index contributed by atoms with van der Waals surface area (Å²) in [7, 11) is 1.25. The van der Waals surface area contributed by atoms with Crippen molar-refractivity contribution in [1.29, 1.82) is 0 Å². The first kappa shape index (κ1) is 10.3. The van der Waals surface area contributed by atoms with Gasteiger partial charge in [0.25, 0.3) is 0 Å². The van der Waals surface area contributed by atoms with E-state index in [1.807, 2.05) is 0 Å². The Balaban J connectivity index is 3.94. The zero-order valence-corrected chi connectivity index (χ0v) is 7.23. The highest BCUT2D eigenvalue weighted by Crippen LogP contribution is 1.86. The molecular formula is C6H10NO3S-. The van der Waals surface area contributed by atoms with E-state index < -0.39 is 12.0 Å². The number of carbonyl (C=O) groups excluding carboxylic acids is 2. The van der Waals surface area contributed by atoms with Crippen LogP contribution >= 0.6 is 0 Å². The summed E-state index contributed by atoms with van der Waals surface area (Å²) in [5.74, 6) is -0.660. The van der Waals surface area contributed by atoms with E-state index in [0.717, 1.165) is 0 Å². The minimum atomic E-state index is -0.688. The van der Waals surface area contributed by atoms with Gasteiger partial charge in [-0.05, 0) is 0 Å². The van der Waals surface area contributed by atoms with Crippen LogP contribution in [0.4, 0.5) is 0 Å². The molecule has 0 spiro atoms. The number of ether oxygens (including phenoxy) is 1. The molecule has 5 heteroatoms. The lowest BCUT2D eigenvalue weighted by Gasteiger charge is -2.17. The van der Waals surface area contributed by atoms with E-state index in [1.54, 1.807) is 0 Å². The van der Waals surface area contributed by atoms with Crippen molar-refractivity contribution in [3.05, 3.63) is 0 Å². The first-order chi connectivity index (χ1) is 5.11. The van der Waals surface area contributed by atoms with Crippen LogP contribution in [0.2, 0.25) is 0 Å².